The summed E-state index contributed by atoms with van der Waals surface area (Å²) < 4.78 is 0. The molecule has 0 bridgehead atoms. The van der Waals surface area contributed by atoms with Crippen LogP contribution in [0.3, 0.4) is 0 Å². The summed E-state index contributed by atoms with van der Waals surface area (Å²) in [4.78, 5) is 15.2. The third kappa shape index (κ3) is 1.21. The molecule has 0 atom stereocenters. The smallest absolute Gasteiger partial charge is 0.165 e. The Morgan fingerprint density at radius 3 is 3.00 bits per heavy atom. The molecule has 0 spiro atoms. The van der Waals surface area contributed by atoms with Crippen molar-refractivity contribution in [3.63, 3.8) is 0 Å². The van der Waals surface area contributed by atoms with Crippen molar-refractivity contribution in [3.8, 4) is 0 Å². The second kappa shape index (κ2) is 2.96. The number of hydrogen-bond donors (Lipinski definition) is 1. The second-order valence-electron chi connectivity index (χ2n) is 4.30. The predicted octanol–water partition coefficient (Wildman–Crippen LogP) is 3.00. The molecule has 0 amide bonds. The van der Waals surface area contributed by atoms with Crippen LogP contribution in [-0.2, 0) is 6.42 Å². The summed E-state index contributed by atoms with van der Waals surface area (Å²) in [5, 5.41) is 1.10. The zero-order valence-electron chi connectivity index (χ0n) is 8.76. The molecular formula is C13H13NO. The number of fused-ring (bicyclic) bond motifs is 3. The van der Waals surface area contributed by atoms with E-state index in [2.05, 4.69) is 30.1 Å². The molecule has 2 aromatic rings. The summed E-state index contributed by atoms with van der Waals surface area (Å²) in [5.74, 6) is 0.298. The lowest BCUT2D eigenvalue weighted by Gasteiger charge is -2.09. The summed E-state index contributed by atoms with van der Waals surface area (Å²) in [7, 11) is 0. The highest BCUT2D eigenvalue weighted by atomic mass is 16.1. The Morgan fingerprint density at radius 2 is 2.13 bits per heavy atom. The number of aryl methyl sites for hydroxylation is 2. The number of carbonyl (C=O) groups is 1. The van der Waals surface area contributed by atoms with Gasteiger partial charge in [0.25, 0.3) is 0 Å². The minimum Gasteiger partial charge on any atom is -0.358 e. The number of Topliss-reactive ketones (excluding diaryl/α,β-unsaturated/α-hetero) is 1. The van der Waals surface area contributed by atoms with Gasteiger partial charge in [-0.25, -0.2) is 0 Å². The molecule has 0 aliphatic heterocycles. The molecule has 1 aromatic carbocycles. The van der Waals surface area contributed by atoms with Gasteiger partial charge in [0.2, 0.25) is 0 Å². The van der Waals surface area contributed by atoms with Crippen molar-refractivity contribution in [2.24, 2.45) is 0 Å². The van der Waals surface area contributed by atoms with E-state index in [1.165, 1.54) is 5.56 Å². The molecule has 0 fully saturated rings. The number of rotatable bonds is 0. The first-order valence-corrected chi connectivity index (χ1v) is 5.40. The fourth-order valence-corrected chi connectivity index (χ4v) is 2.42. The monoisotopic (exact) mass is 199 g/mol. The lowest BCUT2D eigenvalue weighted by atomic mass is 9.94. The number of ketones is 1. The number of hydrogen-bond acceptors (Lipinski definition) is 1. The van der Waals surface area contributed by atoms with Crippen molar-refractivity contribution in [1.82, 2.24) is 4.98 Å². The summed E-state index contributed by atoms with van der Waals surface area (Å²) in [6.07, 6.45) is 2.69. The van der Waals surface area contributed by atoms with Crippen LogP contribution in [0.25, 0.3) is 10.9 Å². The molecule has 0 saturated carbocycles. The first kappa shape index (κ1) is 8.72. The molecule has 2 nitrogen and oxygen atoms in total. The van der Waals surface area contributed by atoms with Crippen LogP contribution in [0.15, 0.2) is 18.2 Å². The molecule has 1 aliphatic rings. The van der Waals surface area contributed by atoms with Crippen LogP contribution in [0.2, 0.25) is 0 Å². The molecule has 1 aromatic heterocycles. The van der Waals surface area contributed by atoms with Gasteiger partial charge >= 0.3 is 0 Å². The van der Waals surface area contributed by atoms with E-state index in [4.69, 9.17) is 0 Å². The van der Waals surface area contributed by atoms with Gasteiger partial charge in [-0.2, -0.15) is 0 Å². The SMILES string of the molecule is Cc1ccc2c3c([nH]c2c1)CCCC3=O. The highest BCUT2D eigenvalue weighted by Gasteiger charge is 2.21. The predicted molar refractivity (Wildman–Crippen MR) is 60.3 cm³/mol. The summed E-state index contributed by atoms with van der Waals surface area (Å²) in [6, 6.07) is 6.24. The van der Waals surface area contributed by atoms with Crippen LogP contribution in [-0.4, -0.2) is 10.8 Å². The number of aromatic amines is 1. The zero-order chi connectivity index (χ0) is 10.4. The molecular weight excluding hydrogens is 186 g/mol. The van der Waals surface area contributed by atoms with Crippen LogP contribution >= 0.6 is 0 Å². The number of benzene rings is 1. The minimum atomic E-state index is 0.298. The topological polar surface area (TPSA) is 32.9 Å². The first-order chi connectivity index (χ1) is 7.25. The van der Waals surface area contributed by atoms with Gasteiger partial charge in [0.1, 0.15) is 0 Å². The van der Waals surface area contributed by atoms with E-state index in [9.17, 15) is 4.79 Å². The van der Waals surface area contributed by atoms with Gasteiger partial charge < -0.3 is 4.98 Å². The summed E-state index contributed by atoms with van der Waals surface area (Å²) in [6.45, 7) is 2.07. The van der Waals surface area contributed by atoms with Crippen molar-refractivity contribution in [3.05, 3.63) is 35.0 Å². The molecule has 1 heterocycles. The Balaban J connectivity index is 2.36. The maximum atomic E-state index is 11.8. The molecule has 76 valence electrons. The van der Waals surface area contributed by atoms with Crippen LogP contribution in [0.5, 0.6) is 0 Å². The maximum Gasteiger partial charge on any atom is 0.165 e. The van der Waals surface area contributed by atoms with E-state index in [0.717, 1.165) is 35.0 Å². The Bertz CT molecular complexity index is 551. The standard InChI is InChI=1S/C13H13NO/c1-8-5-6-9-11(7-8)14-10-3-2-4-12(15)13(9)10/h5-7,14H,2-4H2,1H3. The van der Waals surface area contributed by atoms with Gasteiger partial charge in [0, 0.05) is 28.6 Å². The van der Waals surface area contributed by atoms with Crippen molar-refractivity contribution < 1.29 is 4.79 Å². The average molecular weight is 199 g/mol. The maximum absolute atomic E-state index is 11.8. The van der Waals surface area contributed by atoms with Crippen LogP contribution in [0.4, 0.5) is 0 Å². The van der Waals surface area contributed by atoms with Crippen molar-refractivity contribution in [2.75, 3.05) is 0 Å². The molecule has 15 heavy (non-hydrogen) atoms. The second-order valence-corrected chi connectivity index (χ2v) is 4.30. The number of aromatic nitrogens is 1. The minimum absolute atomic E-state index is 0.298. The zero-order valence-corrected chi connectivity index (χ0v) is 8.76. The van der Waals surface area contributed by atoms with Gasteiger partial charge in [-0.15, -0.1) is 0 Å². The Kier molecular flexibility index (Phi) is 1.72. The molecule has 3 rings (SSSR count). The normalized spacial score (nSPS) is 15.7. The molecule has 1 aliphatic carbocycles. The van der Waals surface area contributed by atoms with E-state index in [1.807, 2.05) is 0 Å². The van der Waals surface area contributed by atoms with Gasteiger partial charge in [0.15, 0.2) is 5.78 Å². The van der Waals surface area contributed by atoms with Gasteiger partial charge in [-0.05, 0) is 31.4 Å². The lowest BCUT2D eigenvalue weighted by Crippen LogP contribution is -2.08. The van der Waals surface area contributed by atoms with E-state index in [1.54, 1.807) is 0 Å². The summed E-state index contributed by atoms with van der Waals surface area (Å²) >= 11 is 0. The Labute approximate surface area is 88.3 Å². The number of nitrogens with one attached hydrogen (secondary N) is 1. The largest absolute Gasteiger partial charge is 0.358 e. The highest BCUT2D eigenvalue weighted by molar-refractivity contribution is 6.10. The van der Waals surface area contributed by atoms with E-state index in [-0.39, 0.29) is 0 Å². The van der Waals surface area contributed by atoms with Crippen LogP contribution < -0.4 is 0 Å². The number of carbonyl (C=O) groups excluding carboxylic acids is 1. The van der Waals surface area contributed by atoms with E-state index < -0.39 is 0 Å². The fraction of sp³-hybridized carbons (Fsp3) is 0.308. The molecule has 2 heteroatoms. The molecule has 0 radical (unpaired) electrons. The van der Waals surface area contributed by atoms with Gasteiger partial charge in [-0.1, -0.05) is 12.1 Å². The average Bonchev–Trinajstić information content (AvgIpc) is 2.56. The highest BCUT2D eigenvalue weighted by Crippen LogP contribution is 2.29. The first-order valence-electron chi connectivity index (χ1n) is 5.40. The molecule has 0 saturated heterocycles. The summed E-state index contributed by atoms with van der Waals surface area (Å²) in [5.41, 5.74) is 4.41. The lowest BCUT2D eigenvalue weighted by molar-refractivity contribution is 0.0974. The van der Waals surface area contributed by atoms with Crippen molar-refractivity contribution in [2.45, 2.75) is 26.2 Å². The fourth-order valence-electron chi connectivity index (χ4n) is 2.42. The van der Waals surface area contributed by atoms with Gasteiger partial charge in [-0.3, -0.25) is 4.79 Å². The van der Waals surface area contributed by atoms with E-state index in [0.29, 0.717) is 12.2 Å². The third-order valence-electron chi connectivity index (χ3n) is 3.14. The van der Waals surface area contributed by atoms with Crippen molar-refractivity contribution >= 4 is 16.7 Å². The molecule has 1 N–H and O–H groups in total. The quantitative estimate of drug-likeness (QED) is 0.695. The van der Waals surface area contributed by atoms with E-state index >= 15 is 0 Å². The number of H-pyrrole nitrogens is 1. The van der Waals surface area contributed by atoms with Crippen LogP contribution in [0.1, 0.15) is 34.5 Å². The van der Waals surface area contributed by atoms with Crippen molar-refractivity contribution in [1.29, 1.82) is 0 Å². The third-order valence-corrected chi connectivity index (χ3v) is 3.14. The Morgan fingerprint density at radius 1 is 1.27 bits per heavy atom. The Hall–Kier alpha value is -1.57. The van der Waals surface area contributed by atoms with Crippen LogP contribution in [0, 0.1) is 6.92 Å². The van der Waals surface area contributed by atoms with Gasteiger partial charge in [0.05, 0.1) is 0 Å². The molecule has 0 unspecified atom stereocenters.